The van der Waals surface area contributed by atoms with E-state index in [0.29, 0.717) is 28.7 Å². The second kappa shape index (κ2) is 7.29. The van der Waals surface area contributed by atoms with Crippen molar-refractivity contribution in [2.45, 2.75) is 39.7 Å². The number of hydrogen-bond acceptors (Lipinski definition) is 6. The second-order valence-corrected chi connectivity index (χ2v) is 5.82. The highest BCUT2D eigenvalue weighted by atomic mass is 16.5. The van der Waals surface area contributed by atoms with Crippen LogP contribution in [0.2, 0.25) is 0 Å². The maximum Gasteiger partial charge on any atom is 0.257 e. The van der Waals surface area contributed by atoms with Crippen molar-refractivity contribution in [2.75, 3.05) is 0 Å². The van der Waals surface area contributed by atoms with Crippen molar-refractivity contribution in [3.8, 4) is 11.3 Å². The Labute approximate surface area is 145 Å². The molecule has 2 heterocycles. The van der Waals surface area contributed by atoms with Gasteiger partial charge in [0.1, 0.15) is 23.1 Å². The molecule has 1 atom stereocenters. The molecule has 0 aliphatic rings. The Morgan fingerprint density at radius 1 is 1.20 bits per heavy atom. The first-order valence-corrected chi connectivity index (χ1v) is 8.25. The second-order valence-electron chi connectivity index (χ2n) is 5.82. The van der Waals surface area contributed by atoms with Gasteiger partial charge in [-0.3, -0.25) is 4.79 Å². The first-order valence-electron chi connectivity index (χ1n) is 8.25. The average molecular weight is 340 g/mol. The van der Waals surface area contributed by atoms with Gasteiger partial charge in [0.15, 0.2) is 5.82 Å². The van der Waals surface area contributed by atoms with E-state index in [2.05, 4.69) is 20.6 Å². The SMILES string of the molecule is CCCc1noc([C@@H](C)NC(=O)c2c(-c3ccccc3)noc2C)n1. The Bertz CT molecular complexity index is 854. The van der Waals surface area contributed by atoms with Crippen LogP contribution in [0.4, 0.5) is 0 Å². The van der Waals surface area contributed by atoms with Gasteiger partial charge in [0.05, 0.1) is 0 Å². The molecule has 25 heavy (non-hydrogen) atoms. The molecular formula is C18H20N4O3. The van der Waals surface area contributed by atoms with Crippen LogP contribution in [0.3, 0.4) is 0 Å². The van der Waals surface area contributed by atoms with E-state index in [1.165, 1.54) is 0 Å². The summed E-state index contributed by atoms with van der Waals surface area (Å²) in [5.74, 6) is 1.19. The van der Waals surface area contributed by atoms with E-state index in [9.17, 15) is 4.79 Å². The van der Waals surface area contributed by atoms with Gasteiger partial charge in [-0.15, -0.1) is 0 Å². The Morgan fingerprint density at radius 3 is 2.68 bits per heavy atom. The molecule has 0 radical (unpaired) electrons. The van der Waals surface area contributed by atoms with Gasteiger partial charge in [-0.2, -0.15) is 4.98 Å². The zero-order chi connectivity index (χ0) is 17.8. The van der Waals surface area contributed by atoms with Crippen LogP contribution in [0.1, 0.15) is 54.1 Å². The largest absolute Gasteiger partial charge is 0.360 e. The minimum atomic E-state index is -0.413. The van der Waals surface area contributed by atoms with Crippen molar-refractivity contribution in [1.82, 2.24) is 20.6 Å². The van der Waals surface area contributed by atoms with Gasteiger partial charge in [0, 0.05) is 12.0 Å². The fourth-order valence-electron chi connectivity index (χ4n) is 2.53. The standard InChI is InChI=1S/C18H20N4O3/c1-4-8-14-20-18(25-21-14)11(2)19-17(23)15-12(3)24-22-16(15)13-9-6-5-7-10-13/h5-7,9-11H,4,8H2,1-3H3,(H,19,23)/t11-/m1/s1. The highest BCUT2D eigenvalue weighted by Crippen LogP contribution is 2.25. The van der Waals surface area contributed by atoms with Crippen LogP contribution in [0.5, 0.6) is 0 Å². The Hall–Kier alpha value is -2.96. The van der Waals surface area contributed by atoms with Crippen molar-refractivity contribution < 1.29 is 13.8 Å². The zero-order valence-corrected chi connectivity index (χ0v) is 14.4. The van der Waals surface area contributed by atoms with E-state index in [0.717, 1.165) is 18.4 Å². The number of rotatable bonds is 6. The van der Waals surface area contributed by atoms with E-state index in [1.54, 1.807) is 13.8 Å². The van der Waals surface area contributed by atoms with E-state index in [4.69, 9.17) is 9.05 Å². The molecule has 0 saturated heterocycles. The number of nitrogens with zero attached hydrogens (tertiary/aromatic N) is 3. The Kier molecular flexibility index (Phi) is 4.92. The molecule has 130 valence electrons. The van der Waals surface area contributed by atoms with Crippen LogP contribution >= 0.6 is 0 Å². The molecule has 1 amide bonds. The lowest BCUT2D eigenvalue weighted by molar-refractivity contribution is 0.0931. The highest BCUT2D eigenvalue weighted by molar-refractivity contribution is 6.00. The molecule has 0 fully saturated rings. The molecule has 3 aromatic rings. The number of aryl methyl sites for hydroxylation is 2. The molecule has 3 rings (SSSR count). The molecule has 1 aromatic carbocycles. The fraction of sp³-hybridized carbons (Fsp3) is 0.333. The molecule has 7 nitrogen and oxygen atoms in total. The minimum absolute atomic E-state index is 0.291. The van der Waals surface area contributed by atoms with Crippen molar-refractivity contribution in [3.63, 3.8) is 0 Å². The molecule has 0 unspecified atom stereocenters. The number of aromatic nitrogens is 3. The number of amides is 1. The van der Waals surface area contributed by atoms with E-state index < -0.39 is 6.04 Å². The van der Waals surface area contributed by atoms with Crippen LogP contribution < -0.4 is 5.32 Å². The number of carbonyl (C=O) groups excluding carboxylic acids is 1. The van der Waals surface area contributed by atoms with Gasteiger partial charge in [-0.25, -0.2) is 0 Å². The monoisotopic (exact) mass is 340 g/mol. The van der Waals surface area contributed by atoms with Gasteiger partial charge < -0.3 is 14.4 Å². The summed E-state index contributed by atoms with van der Waals surface area (Å²) in [5.41, 5.74) is 1.74. The first kappa shape index (κ1) is 16.9. The number of carbonyl (C=O) groups is 1. The van der Waals surface area contributed by atoms with Gasteiger partial charge in [0.2, 0.25) is 5.89 Å². The van der Waals surface area contributed by atoms with Crippen molar-refractivity contribution in [1.29, 1.82) is 0 Å². The molecule has 2 aromatic heterocycles. The van der Waals surface area contributed by atoms with E-state index in [-0.39, 0.29) is 5.91 Å². The summed E-state index contributed by atoms with van der Waals surface area (Å²) < 4.78 is 10.5. The quantitative estimate of drug-likeness (QED) is 0.738. The van der Waals surface area contributed by atoms with Gasteiger partial charge >= 0.3 is 0 Å². The van der Waals surface area contributed by atoms with Crippen molar-refractivity contribution in [2.24, 2.45) is 0 Å². The van der Waals surface area contributed by atoms with Crippen LogP contribution in [0, 0.1) is 6.92 Å². The zero-order valence-electron chi connectivity index (χ0n) is 14.4. The van der Waals surface area contributed by atoms with Gasteiger partial charge in [0.25, 0.3) is 5.91 Å². The Morgan fingerprint density at radius 2 is 1.96 bits per heavy atom. The summed E-state index contributed by atoms with van der Waals surface area (Å²) in [5, 5.41) is 10.8. The molecule has 0 bridgehead atoms. The van der Waals surface area contributed by atoms with Crippen LogP contribution in [-0.2, 0) is 6.42 Å². The molecule has 0 aliphatic carbocycles. The highest BCUT2D eigenvalue weighted by Gasteiger charge is 2.24. The minimum Gasteiger partial charge on any atom is -0.360 e. The summed E-state index contributed by atoms with van der Waals surface area (Å²) in [4.78, 5) is 17.0. The predicted octanol–water partition coefficient (Wildman–Crippen LogP) is 3.48. The average Bonchev–Trinajstić information content (AvgIpc) is 3.23. The Balaban J connectivity index is 1.80. The van der Waals surface area contributed by atoms with E-state index in [1.807, 2.05) is 37.3 Å². The smallest absolute Gasteiger partial charge is 0.257 e. The third kappa shape index (κ3) is 3.60. The summed E-state index contributed by atoms with van der Waals surface area (Å²) in [6, 6.07) is 9.03. The molecule has 7 heteroatoms. The summed E-state index contributed by atoms with van der Waals surface area (Å²) in [7, 11) is 0. The van der Waals surface area contributed by atoms with Crippen molar-refractivity contribution in [3.05, 3.63) is 53.4 Å². The lowest BCUT2D eigenvalue weighted by Crippen LogP contribution is -2.27. The first-order chi connectivity index (χ1) is 12.1. The van der Waals surface area contributed by atoms with Gasteiger partial charge in [-0.05, 0) is 20.3 Å². The summed E-state index contributed by atoms with van der Waals surface area (Å²) in [6.45, 7) is 5.55. The number of benzene rings is 1. The van der Waals surface area contributed by atoms with Crippen LogP contribution in [0.25, 0.3) is 11.3 Å². The molecule has 0 spiro atoms. The summed E-state index contributed by atoms with van der Waals surface area (Å²) in [6.07, 6.45) is 1.67. The number of nitrogens with one attached hydrogen (secondary N) is 1. The maximum absolute atomic E-state index is 12.7. The molecule has 0 aliphatic heterocycles. The molecular weight excluding hydrogens is 320 g/mol. The third-order valence-electron chi connectivity index (χ3n) is 3.81. The normalized spacial score (nSPS) is 12.1. The fourth-order valence-corrected chi connectivity index (χ4v) is 2.53. The topological polar surface area (TPSA) is 94.1 Å². The molecule has 0 saturated carbocycles. The van der Waals surface area contributed by atoms with Crippen molar-refractivity contribution >= 4 is 5.91 Å². The lowest BCUT2D eigenvalue weighted by atomic mass is 10.1. The third-order valence-corrected chi connectivity index (χ3v) is 3.81. The summed E-state index contributed by atoms with van der Waals surface area (Å²) >= 11 is 0. The number of hydrogen-bond donors (Lipinski definition) is 1. The van der Waals surface area contributed by atoms with E-state index >= 15 is 0 Å². The maximum atomic E-state index is 12.7. The van der Waals surface area contributed by atoms with Crippen LogP contribution in [-0.4, -0.2) is 21.2 Å². The van der Waals surface area contributed by atoms with Crippen LogP contribution in [0.15, 0.2) is 39.4 Å². The predicted molar refractivity (Wildman–Crippen MR) is 90.9 cm³/mol. The molecule has 1 N–H and O–H groups in total. The lowest BCUT2D eigenvalue weighted by Gasteiger charge is -2.10. The van der Waals surface area contributed by atoms with Gasteiger partial charge in [-0.1, -0.05) is 47.6 Å².